The molecule has 8 nitrogen and oxygen atoms in total. The summed E-state index contributed by atoms with van der Waals surface area (Å²) in [5.41, 5.74) is -0.504. The van der Waals surface area contributed by atoms with Gasteiger partial charge in [0, 0.05) is 51.2 Å². The molecule has 2 aliphatic heterocycles. The molecule has 0 bridgehead atoms. The lowest BCUT2D eigenvalue weighted by Gasteiger charge is -2.38. The molecule has 0 aliphatic carbocycles. The molecule has 0 unspecified atom stereocenters. The second-order valence-electron chi connectivity index (χ2n) is 9.07. The van der Waals surface area contributed by atoms with Crippen molar-refractivity contribution in [2.24, 2.45) is 5.92 Å². The van der Waals surface area contributed by atoms with Crippen molar-refractivity contribution in [1.82, 2.24) is 20.0 Å². The molecule has 2 aliphatic rings. The molecular formula is C20H36N4O4. The van der Waals surface area contributed by atoms with Crippen LogP contribution in [0.3, 0.4) is 0 Å². The molecule has 2 heterocycles. The molecule has 0 aromatic heterocycles. The lowest BCUT2D eigenvalue weighted by atomic mass is 9.95. The number of carbonyl (C=O) groups excluding carboxylic acids is 3. The predicted molar refractivity (Wildman–Crippen MR) is 107 cm³/mol. The fourth-order valence-corrected chi connectivity index (χ4v) is 3.59. The smallest absolute Gasteiger partial charge is 0.410 e. The van der Waals surface area contributed by atoms with Gasteiger partial charge < -0.3 is 19.9 Å². The van der Waals surface area contributed by atoms with Gasteiger partial charge in [0.05, 0.1) is 6.54 Å². The number of amides is 3. The van der Waals surface area contributed by atoms with Crippen molar-refractivity contribution in [3.05, 3.63) is 0 Å². The van der Waals surface area contributed by atoms with Crippen molar-refractivity contribution in [2.75, 3.05) is 45.8 Å². The van der Waals surface area contributed by atoms with Gasteiger partial charge in [0.1, 0.15) is 5.60 Å². The van der Waals surface area contributed by atoms with Gasteiger partial charge in [-0.2, -0.15) is 0 Å². The van der Waals surface area contributed by atoms with Gasteiger partial charge in [-0.3, -0.25) is 14.5 Å². The number of hydrogen-bond donors (Lipinski definition) is 1. The average molecular weight is 397 g/mol. The Morgan fingerprint density at radius 2 is 1.54 bits per heavy atom. The van der Waals surface area contributed by atoms with Crippen LogP contribution in [0.1, 0.15) is 47.5 Å². The highest BCUT2D eigenvalue weighted by atomic mass is 16.6. The summed E-state index contributed by atoms with van der Waals surface area (Å²) in [6.45, 7) is 13.7. The number of piperazine rings is 1. The van der Waals surface area contributed by atoms with Gasteiger partial charge in [-0.1, -0.05) is 0 Å². The molecule has 2 saturated heterocycles. The SMILES string of the molecule is CC(C)NC(=O)CN1CCN(C(=O)C2CCN(C(=O)OC(C)(C)C)CC2)CC1. The van der Waals surface area contributed by atoms with Crippen molar-refractivity contribution in [3.63, 3.8) is 0 Å². The van der Waals surface area contributed by atoms with Crippen LogP contribution in [0, 0.1) is 5.92 Å². The molecule has 0 aromatic rings. The maximum absolute atomic E-state index is 12.8. The summed E-state index contributed by atoms with van der Waals surface area (Å²) < 4.78 is 5.41. The highest BCUT2D eigenvalue weighted by Crippen LogP contribution is 2.22. The Bertz CT molecular complexity index is 557. The number of nitrogens with zero attached hydrogens (tertiary/aromatic N) is 3. The van der Waals surface area contributed by atoms with Crippen molar-refractivity contribution in [1.29, 1.82) is 0 Å². The summed E-state index contributed by atoms with van der Waals surface area (Å²) in [6.07, 6.45) is 1.05. The number of ether oxygens (including phenoxy) is 1. The second-order valence-corrected chi connectivity index (χ2v) is 9.07. The Morgan fingerprint density at radius 3 is 2.04 bits per heavy atom. The lowest BCUT2D eigenvalue weighted by Crippen LogP contribution is -2.53. The van der Waals surface area contributed by atoms with Gasteiger partial charge in [0.2, 0.25) is 11.8 Å². The topological polar surface area (TPSA) is 82.2 Å². The third-order valence-corrected chi connectivity index (χ3v) is 5.00. The van der Waals surface area contributed by atoms with Gasteiger partial charge in [-0.05, 0) is 47.5 Å². The van der Waals surface area contributed by atoms with Crippen molar-refractivity contribution < 1.29 is 19.1 Å². The molecule has 0 radical (unpaired) electrons. The molecule has 3 amide bonds. The van der Waals surface area contributed by atoms with Crippen molar-refractivity contribution >= 4 is 17.9 Å². The minimum Gasteiger partial charge on any atom is -0.444 e. The van der Waals surface area contributed by atoms with Crippen LogP contribution in [0.25, 0.3) is 0 Å². The van der Waals surface area contributed by atoms with E-state index in [0.29, 0.717) is 58.7 Å². The Labute approximate surface area is 168 Å². The van der Waals surface area contributed by atoms with Crippen LogP contribution in [-0.4, -0.2) is 90.1 Å². The van der Waals surface area contributed by atoms with Crippen molar-refractivity contribution in [3.8, 4) is 0 Å². The van der Waals surface area contributed by atoms with Crippen LogP contribution >= 0.6 is 0 Å². The minimum absolute atomic E-state index is 0.0318. The molecule has 1 N–H and O–H groups in total. The molecule has 0 saturated carbocycles. The zero-order valence-corrected chi connectivity index (χ0v) is 18.0. The fraction of sp³-hybridized carbons (Fsp3) is 0.850. The van der Waals surface area contributed by atoms with Crippen molar-refractivity contribution in [2.45, 2.75) is 59.1 Å². The summed E-state index contributed by atoms with van der Waals surface area (Å²) in [5.74, 6) is 0.175. The Morgan fingerprint density at radius 1 is 0.964 bits per heavy atom. The average Bonchev–Trinajstić information content (AvgIpc) is 2.59. The quantitative estimate of drug-likeness (QED) is 0.775. The molecule has 0 atom stereocenters. The number of carbonyl (C=O) groups is 3. The molecule has 160 valence electrons. The third-order valence-electron chi connectivity index (χ3n) is 5.00. The van der Waals surface area contributed by atoms with Gasteiger partial charge in [0.15, 0.2) is 0 Å². The first-order valence-electron chi connectivity index (χ1n) is 10.3. The number of nitrogens with one attached hydrogen (secondary N) is 1. The Balaban J connectivity index is 1.73. The molecule has 2 rings (SSSR count). The first-order valence-corrected chi connectivity index (χ1v) is 10.3. The largest absolute Gasteiger partial charge is 0.444 e. The number of piperidine rings is 1. The van der Waals surface area contributed by atoms with Gasteiger partial charge in [-0.25, -0.2) is 4.79 Å². The highest BCUT2D eigenvalue weighted by Gasteiger charge is 2.33. The molecule has 0 spiro atoms. The van der Waals surface area contributed by atoms with Crippen LogP contribution in [0.15, 0.2) is 0 Å². The van der Waals surface area contributed by atoms with Crippen LogP contribution < -0.4 is 5.32 Å². The molecule has 0 aromatic carbocycles. The zero-order valence-electron chi connectivity index (χ0n) is 18.0. The lowest BCUT2D eigenvalue weighted by molar-refractivity contribution is -0.139. The first kappa shape index (κ1) is 22.5. The van der Waals surface area contributed by atoms with E-state index in [0.717, 1.165) is 0 Å². The zero-order chi connectivity index (χ0) is 20.9. The minimum atomic E-state index is -0.504. The van der Waals surface area contributed by atoms with E-state index in [9.17, 15) is 14.4 Å². The summed E-state index contributed by atoms with van der Waals surface area (Å²) in [5, 5.41) is 2.90. The third kappa shape index (κ3) is 6.96. The van der Waals surface area contributed by atoms with Gasteiger partial charge in [-0.15, -0.1) is 0 Å². The van der Waals surface area contributed by atoms with Gasteiger partial charge >= 0.3 is 6.09 Å². The van der Waals surface area contributed by atoms with E-state index in [-0.39, 0.29) is 29.9 Å². The predicted octanol–water partition coefficient (Wildman–Crippen LogP) is 1.30. The molecule has 28 heavy (non-hydrogen) atoms. The summed E-state index contributed by atoms with van der Waals surface area (Å²) in [6, 6.07) is 0.141. The van der Waals surface area contributed by atoms with E-state index < -0.39 is 5.60 Å². The maximum atomic E-state index is 12.8. The number of likely N-dealkylation sites (tertiary alicyclic amines) is 1. The van der Waals surface area contributed by atoms with Crippen LogP contribution in [0.4, 0.5) is 4.79 Å². The van der Waals surface area contributed by atoms with Crippen LogP contribution in [0.5, 0.6) is 0 Å². The number of hydrogen-bond acceptors (Lipinski definition) is 5. The summed E-state index contributed by atoms with van der Waals surface area (Å²) in [7, 11) is 0. The summed E-state index contributed by atoms with van der Waals surface area (Å²) in [4.78, 5) is 42.6. The Hall–Kier alpha value is -1.83. The summed E-state index contributed by atoms with van der Waals surface area (Å²) >= 11 is 0. The highest BCUT2D eigenvalue weighted by molar-refractivity contribution is 5.80. The van der Waals surface area contributed by atoms with E-state index in [1.54, 1.807) is 4.90 Å². The first-order chi connectivity index (χ1) is 13.0. The monoisotopic (exact) mass is 396 g/mol. The normalized spacial score (nSPS) is 19.6. The van der Waals surface area contributed by atoms with E-state index in [1.807, 2.05) is 39.5 Å². The van der Waals surface area contributed by atoms with E-state index in [4.69, 9.17) is 4.74 Å². The number of rotatable bonds is 4. The van der Waals surface area contributed by atoms with E-state index in [1.165, 1.54) is 0 Å². The maximum Gasteiger partial charge on any atom is 0.410 e. The fourth-order valence-electron chi connectivity index (χ4n) is 3.59. The Kier molecular flexibility index (Phi) is 7.69. The molecular weight excluding hydrogens is 360 g/mol. The molecule has 8 heteroatoms. The standard InChI is InChI=1S/C20H36N4O4/c1-15(2)21-17(25)14-22-10-12-23(13-11-22)18(26)16-6-8-24(9-7-16)19(27)28-20(3,4)5/h15-16H,6-14H2,1-5H3,(H,21,25). The van der Waals surface area contributed by atoms with E-state index >= 15 is 0 Å². The molecule has 2 fully saturated rings. The van der Waals surface area contributed by atoms with Crippen LogP contribution in [-0.2, 0) is 14.3 Å². The second kappa shape index (κ2) is 9.58. The van der Waals surface area contributed by atoms with Gasteiger partial charge in [0.25, 0.3) is 0 Å². The van der Waals surface area contributed by atoms with E-state index in [2.05, 4.69) is 10.2 Å². The van der Waals surface area contributed by atoms with Crippen LogP contribution in [0.2, 0.25) is 0 Å².